The summed E-state index contributed by atoms with van der Waals surface area (Å²) in [6, 6.07) is 0. The van der Waals surface area contributed by atoms with Crippen LogP contribution in [0, 0.1) is 18.3 Å². The van der Waals surface area contributed by atoms with Gasteiger partial charge in [-0.05, 0) is 31.1 Å². The maximum absolute atomic E-state index is 2.49. The Hall–Kier alpha value is 0. The lowest BCUT2D eigenvalue weighted by molar-refractivity contribution is 0.314. The molecule has 0 saturated heterocycles. The zero-order valence-electron chi connectivity index (χ0n) is 7.27. The first-order valence-electron chi connectivity index (χ1n) is 4.66. The monoisotopic (exact) mass is 139 g/mol. The molecule has 1 aliphatic rings. The summed E-state index contributed by atoms with van der Waals surface area (Å²) >= 11 is 0. The number of rotatable bonds is 2. The maximum atomic E-state index is 2.49. The molecule has 0 aromatic rings. The van der Waals surface area contributed by atoms with Crippen molar-refractivity contribution in [3.63, 3.8) is 0 Å². The molecule has 0 aromatic carbocycles. The fourth-order valence-electron chi connectivity index (χ4n) is 1.85. The van der Waals surface area contributed by atoms with Crippen LogP contribution in [0.1, 0.15) is 46.0 Å². The number of hydrogen-bond donors (Lipinski definition) is 0. The lowest BCUT2D eigenvalue weighted by atomic mass is 9.81. The molecule has 59 valence electrons. The van der Waals surface area contributed by atoms with Crippen LogP contribution in [0.4, 0.5) is 0 Å². The van der Waals surface area contributed by atoms with E-state index in [1.165, 1.54) is 32.1 Å². The second kappa shape index (κ2) is 4.00. The smallest absolute Gasteiger partial charge is 0.0357 e. The topological polar surface area (TPSA) is 0 Å². The molecule has 1 radical (unpaired) electrons. The third-order valence-corrected chi connectivity index (χ3v) is 2.63. The molecule has 1 saturated carbocycles. The molecule has 0 unspecified atom stereocenters. The molecule has 0 nitrogen and oxygen atoms in total. The van der Waals surface area contributed by atoms with Crippen molar-refractivity contribution in [1.29, 1.82) is 0 Å². The van der Waals surface area contributed by atoms with Crippen molar-refractivity contribution in [2.24, 2.45) is 11.8 Å². The van der Waals surface area contributed by atoms with E-state index in [2.05, 4.69) is 20.3 Å². The molecule has 0 aliphatic heterocycles. The molecule has 0 aromatic heterocycles. The molecule has 1 aliphatic carbocycles. The molecule has 1 rings (SSSR count). The molecular formula is C10H19. The largest absolute Gasteiger partial charge is 0.0651 e. The summed E-state index contributed by atoms with van der Waals surface area (Å²) in [6.45, 7) is 4.63. The van der Waals surface area contributed by atoms with E-state index in [4.69, 9.17) is 0 Å². The highest BCUT2D eigenvalue weighted by Gasteiger charge is 2.16. The van der Waals surface area contributed by atoms with Crippen LogP contribution in [0.25, 0.3) is 0 Å². The van der Waals surface area contributed by atoms with Gasteiger partial charge in [0.1, 0.15) is 0 Å². The van der Waals surface area contributed by atoms with Crippen molar-refractivity contribution in [1.82, 2.24) is 0 Å². The predicted octanol–water partition coefficient (Wildman–Crippen LogP) is 3.43. The van der Waals surface area contributed by atoms with Gasteiger partial charge in [-0.2, -0.15) is 0 Å². The Kier molecular flexibility index (Phi) is 3.24. The fraction of sp³-hybridized carbons (Fsp3) is 0.900. The van der Waals surface area contributed by atoms with Gasteiger partial charge in [0, 0.05) is 0 Å². The van der Waals surface area contributed by atoms with Crippen molar-refractivity contribution >= 4 is 0 Å². The Labute approximate surface area is 65.0 Å². The van der Waals surface area contributed by atoms with Crippen molar-refractivity contribution in [3.05, 3.63) is 6.42 Å². The van der Waals surface area contributed by atoms with Gasteiger partial charge in [-0.25, -0.2) is 0 Å². The minimum Gasteiger partial charge on any atom is -0.0651 e. The van der Waals surface area contributed by atoms with E-state index in [9.17, 15) is 0 Å². The summed E-state index contributed by atoms with van der Waals surface area (Å²) < 4.78 is 0. The summed E-state index contributed by atoms with van der Waals surface area (Å²) in [5, 5.41) is 0. The third kappa shape index (κ3) is 2.32. The molecule has 0 amide bonds. The molecule has 0 heteroatoms. The van der Waals surface area contributed by atoms with E-state index < -0.39 is 0 Å². The molecular weight excluding hydrogens is 120 g/mol. The first kappa shape index (κ1) is 8.10. The summed E-state index contributed by atoms with van der Waals surface area (Å²) in [6.07, 6.45) is 9.58. The Balaban J connectivity index is 2.13. The van der Waals surface area contributed by atoms with Crippen LogP contribution in [-0.4, -0.2) is 0 Å². The van der Waals surface area contributed by atoms with Crippen LogP contribution >= 0.6 is 0 Å². The summed E-state index contributed by atoms with van der Waals surface area (Å²) in [4.78, 5) is 0. The van der Waals surface area contributed by atoms with Gasteiger partial charge in [0.25, 0.3) is 0 Å². The van der Waals surface area contributed by atoms with Crippen molar-refractivity contribution in [2.75, 3.05) is 0 Å². The first-order chi connectivity index (χ1) is 4.83. The number of hydrogen-bond acceptors (Lipinski definition) is 0. The van der Waals surface area contributed by atoms with Crippen molar-refractivity contribution in [3.8, 4) is 0 Å². The van der Waals surface area contributed by atoms with E-state index in [1.54, 1.807) is 0 Å². The van der Waals surface area contributed by atoms with Crippen LogP contribution in [-0.2, 0) is 0 Å². The van der Waals surface area contributed by atoms with Gasteiger partial charge in [-0.15, -0.1) is 0 Å². The lowest BCUT2D eigenvalue weighted by Crippen LogP contribution is -2.12. The van der Waals surface area contributed by atoms with E-state index >= 15 is 0 Å². The average Bonchev–Trinajstić information content (AvgIpc) is 1.95. The Morgan fingerprint density at radius 2 is 1.80 bits per heavy atom. The Morgan fingerprint density at radius 3 is 2.30 bits per heavy atom. The average molecular weight is 139 g/mol. The van der Waals surface area contributed by atoms with Crippen LogP contribution < -0.4 is 0 Å². The minimum absolute atomic E-state index is 0.959. The fourth-order valence-corrected chi connectivity index (χ4v) is 1.85. The Morgan fingerprint density at radius 1 is 1.20 bits per heavy atom. The lowest BCUT2D eigenvalue weighted by Gasteiger charge is -2.25. The summed E-state index contributed by atoms with van der Waals surface area (Å²) in [5.74, 6) is 1.96. The van der Waals surface area contributed by atoms with Crippen molar-refractivity contribution in [2.45, 2.75) is 46.0 Å². The molecule has 0 bridgehead atoms. The van der Waals surface area contributed by atoms with Gasteiger partial charge in [0.15, 0.2) is 0 Å². The first-order valence-corrected chi connectivity index (χ1v) is 4.66. The minimum atomic E-state index is 0.959. The molecule has 1 fully saturated rings. The van der Waals surface area contributed by atoms with Crippen LogP contribution in [0.2, 0.25) is 0 Å². The zero-order valence-corrected chi connectivity index (χ0v) is 7.27. The van der Waals surface area contributed by atoms with Gasteiger partial charge in [-0.1, -0.05) is 33.1 Å². The van der Waals surface area contributed by atoms with E-state index in [0.29, 0.717) is 0 Å². The SMILES string of the molecule is CC[CH]C1CCC(C)CC1. The molecule has 0 heterocycles. The summed E-state index contributed by atoms with van der Waals surface area (Å²) in [7, 11) is 0. The van der Waals surface area contributed by atoms with Gasteiger partial charge < -0.3 is 0 Å². The highest BCUT2D eigenvalue weighted by molar-refractivity contribution is 4.79. The second-order valence-electron chi connectivity index (χ2n) is 3.66. The quantitative estimate of drug-likeness (QED) is 0.550. The van der Waals surface area contributed by atoms with Gasteiger partial charge >= 0.3 is 0 Å². The molecule has 0 atom stereocenters. The van der Waals surface area contributed by atoms with Crippen molar-refractivity contribution < 1.29 is 0 Å². The van der Waals surface area contributed by atoms with E-state index in [-0.39, 0.29) is 0 Å². The van der Waals surface area contributed by atoms with Gasteiger partial charge in [0.05, 0.1) is 0 Å². The highest BCUT2D eigenvalue weighted by Crippen LogP contribution is 2.30. The Bertz CT molecular complexity index is 78.0. The standard InChI is InChI=1S/C10H19/c1-3-4-10-7-5-9(2)6-8-10/h4,9-10H,3,5-8H2,1-2H3. The summed E-state index contributed by atoms with van der Waals surface area (Å²) in [5.41, 5.74) is 0. The molecule has 0 spiro atoms. The zero-order chi connectivity index (χ0) is 7.40. The highest BCUT2D eigenvalue weighted by atomic mass is 14.2. The van der Waals surface area contributed by atoms with Gasteiger partial charge in [0.2, 0.25) is 0 Å². The van der Waals surface area contributed by atoms with Crippen LogP contribution in [0.3, 0.4) is 0 Å². The van der Waals surface area contributed by atoms with Crippen LogP contribution in [0.15, 0.2) is 0 Å². The van der Waals surface area contributed by atoms with Crippen LogP contribution in [0.5, 0.6) is 0 Å². The second-order valence-corrected chi connectivity index (χ2v) is 3.66. The third-order valence-electron chi connectivity index (χ3n) is 2.63. The van der Waals surface area contributed by atoms with E-state index in [1.807, 2.05) is 0 Å². The normalized spacial score (nSPS) is 34.2. The predicted molar refractivity (Wildman–Crippen MR) is 45.7 cm³/mol. The molecule has 0 N–H and O–H groups in total. The molecule has 10 heavy (non-hydrogen) atoms. The van der Waals surface area contributed by atoms with Gasteiger partial charge in [-0.3, -0.25) is 0 Å². The maximum Gasteiger partial charge on any atom is -0.0357 e. The van der Waals surface area contributed by atoms with E-state index in [0.717, 1.165) is 11.8 Å².